The molecule has 0 aliphatic carbocycles. The monoisotopic (exact) mass is 178 g/mol. The van der Waals surface area contributed by atoms with E-state index in [9.17, 15) is 0 Å². The Morgan fingerprint density at radius 2 is 2.25 bits per heavy atom. The molecule has 0 aromatic carbocycles. The van der Waals surface area contributed by atoms with Crippen LogP contribution >= 0.6 is 11.3 Å². The molecule has 0 N–H and O–H groups in total. The van der Waals surface area contributed by atoms with Gasteiger partial charge < -0.3 is 0 Å². The zero-order valence-corrected chi connectivity index (χ0v) is 6.98. The van der Waals surface area contributed by atoms with Crippen LogP contribution in [0.15, 0.2) is 34.6 Å². The molecule has 0 unspecified atom stereocenters. The minimum Gasteiger partial charge on any atom is -0.208 e. The lowest BCUT2D eigenvalue weighted by atomic mass is 10.4. The number of hydrogen-bond acceptors (Lipinski definition) is 4. The van der Waals surface area contributed by atoms with Crippen LogP contribution in [0.5, 0.6) is 0 Å². The van der Waals surface area contributed by atoms with Gasteiger partial charge in [-0.1, -0.05) is 0 Å². The maximum Gasteiger partial charge on any atom is 0.141 e. The molecule has 2 aromatic heterocycles. The Morgan fingerprint density at radius 3 is 2.92 bits per heavy atom. The van der Waals surface area contributed by atoms with E-state index in [1.54, 1.807) is 34.9 Å². The van der Waals surface area contributed by atoms with E-state index in [0.29, 0.717) is 0 Å². The Balaban J connectivity index is 2.14. The van der Waals surface area contributed by atoms with E-state index in [0.717, 1.165) is 5.56 Å². The highest BCUT2D eigenvalue weighted by atomic mass is 32.1. The molecule has 0 bridgehead atoms. The number of nitrogens with zero attached hydrogens (tertiary/aromatic N) is 4. The summed E-state index contributed by atoms with van der Waals surface area (Å²) in [6, 6.07) is 2.00. The first-order valence-electron chi connectivity index (χ1n) is 3.36. The molecule has 0 radical (unpaired) electrons. The van der Waals surface area contributed by atoms with Gasteiger partial charge in [0.1, 0.15) is 12.7 Å². The van der Waals surface area contributed by atoms with E-state index in [1.807, 2.05) is 16.8 Å². The molecule has 0 amide bonds. The topological polar surface area (TPSA) is 43.1 Å². The average molecular weight is 178 g/mol. The third kappa shape index (κ3) is 1.57. The molecule has 2 rings (SSSR count). The van der Waals surface area contributed by atoms with Crippen molar-refractivity contribution in [1.29, 1.82) is 0 Å². The molecule has 4 nitrogen and oxygen atoms in total. The number of thiophene rings is 1. The number of aromatic nitrogens is 3. The Morgan fingerprint density at radius 1 is 1.42 bits per heavy atom. The fourth-order valence-corrected chi connectivity index (χ4v) is 1.35. The van der Waals surface area contributed by atoms with E-state index in [1.165, 1.54) is 0 Å². The second kappa shape index (κ2) is 3.27. The molecule has 0 saturated carbocycles. The van der Waals surface area contributed by atoms with E-state index < -0.39 is 0 Å². The summed E-state index contributed by atoms with van der Waals surface area (Å²) in [7, 11) is 0. The third-order valence-electron chi connectivity index (χ3n) is 1.29. The molecule has 2 heterocycles. The van der Waals surface area contributed by atoms with Crippen LogP contribution in [0.4, 0.5) is 0 Å². The Hall–Kier alpha value is -1.49. The van der Waals surface area contributed by atoms with E-state index in [2.05, 4.69) is 15.3 Å². The van der Waals surface area contributed by atoms with Crippen LogP contribution in [0.1, 0.15) is 5.56 Å². The molecule has 0 fully saturated rings. The van der Waals surface area contributed by atoms with Gasteiger partial charge in [0, 0.05) is 5.56 Å². The van der Waals surface area contributed by atoms with Gasteiger partial charge in [-0.05, 0) is 16.8 Å². The van der Waals surface area contributed by atoms with Gasteiger partial charge >= 0.3 is 0 Å². The smallest absolute Gasteiger partial charge is 0.141 e. The fourth-order valence-electron chi connectivity index (χ4n) is 0.737. The van der Waals surface area contributed by atoms with Crippen molar-refractivity contribution < 1.29 is 0 Å². The molecular weight excluding hydrogens is 172 g/mol. The maximum absolute atomic E-state index is 4.08. The second-order valence-electron chi connectivity index (χ2n) is 2.14. The zero-order valence-electron chi connectivity index (χ0n) is 6.16. The van der Waals surface area contributed by atoms with E-state index in [-0.39, 0.29) is 0 Å². The standard InChI is InChI=1S/C7H6N4S/c1-2-12-4-7(1)3-10-11-5-8-9-6-11/h1-6H/b10-3-. The first-order chi connectivity index (χ1) is 5.95. The molecule has 0 aliphatic heterocycles. The lowest BCUT2D eigenvalue weighted by Gasteiger charge is -1.85. The van der Waals surface area contributed by atoms with Crippen molar-refractivity contribution in [3.8, 4) is 0 Å². The summed E-state index contributed by atoms with van der Waals surface area (Å²) in [6.07, 6.45) is 4.85. The normalized spacial score (nSPS) is 11.0. The van der Waals surface area contributed by atoms with Crippen molar-refractivity contribution in [3.63, 3.8) is 0 Å². The zero-order chi connectivity index (χ0) is 8.23. The van der Waals surface area contributed by atoms with Crippen molar-refractivity contribution in [1.82, 2.24) is 14.9 Å². The summed E-state index contributed by atoms with van der Waals surface area (Å²) in [5.41, 5.74) is 1.09. The van der Waals surface area contributed by atoms with Gasteiger partial charge in [-0.25, -0.2) is 4.68 Å². The van der Waals surface area contributed by atoms with Crippen LogP contribution in [0.25, 0.3) is 0 Å². The van der Waals surface area contributed by atoms with E-state index >= 15 is 0 Å². The lowest BCUT2D eigenvalue weighted by Crippen LogP contribution is -1.84. The Labute approximate surface area is 73.2 Å². The van der Waals surface area contributed by atoms with Crippen LogP contribution in [-0.4, -0.2) is 21.1 Å². The predicted molar refractivity (Wildman–Crippen MR) is 47.3 cm³/mol. The summed E-state index contributed by atoms with van der Waals surface area (Å²) in [5.74, 6) is 0. The third-order valence-corrected chi connectivity index (χ3v) is 1.99. The molecule has 60 valence electrons. The van der Waals surface area contributed by atoms with Crippen molar-refractivity contribution in [2.45, 2.75) is 0 Å². The van der Waals surface area contributed by atoms with Gasteiger partial charge in [0.05, 0.1) is 6.21 Å². The molecular formula is C7H6N4S. The highest BCUT2D eigenvalue weighted by molar-refractivity contribution is 7.08. The molecule has 0 aliphatic rings. The van der Waals surface area contributed by atoms with Crippen LogP contribution in [-0.2, 0) is 0 Å². The molecule has 0 atom stereocenters. The van der Waals surface area contributed by atoms with Gasteiger partial charge in [0.25, 0.3) is 0 Å². The molecule has 5 heteroatoms. The largest absolute Gasteiger partial charge is 0.208 e. The molecule has 0 saturated heterocycles. The van der Waals surface area contributed by atoms with Crippen LogP contribution in [0, 0.1) is 0 Å². The highest BCUT2D eigenvalue weighted by Gasteiger charge is 1.86. The molecule has 12 heavy (non-hydrogen) atoms. The maximum atomic E-state index is 4.08. The summed E-state index contributed by atoms with van der Waals surface area (Å²) < 4.78 is 1.55. The lowest BCUT2D eigenvalue weighted by molar-refractivity contribution is 0.878. The van der Waals surface area contributed by atoms with Gasteiger partial charge in [-0.15, -0.1) is 10.2 Å². The first kappa shape index (κ1) is 7.17. The summed E-state index contributed by atoms with van der Waals surface area (Å²) in [4.78, 5) is 0. The quantitative estimate of drug-likeness (QED) is 0.649. The highest BCUT2D eigenvalue weighted by Crippen LogP contribution is 2.02. The number of rotatable bonds is 2. The van der Waals surface area contributed by atoms with E-state index in [4.69, 9.17) is 0 Å². The molecule has 2 aromatic rings. The van der Waals surface area contributed by atoms with Crippen molar-refractivity contribution in [2.75, 3.05) is 0 Å². The van der Waals surface area contributed by atoms with Crippen molar-refractivity contribution in [3.05, 3.63) is 35.0 Å². The van der Waals surface area contributed by atoms with Gasteiger partial charge in [0.15, 0.2) is 0 Å². The second-order valence-corrected chi connectivity index (χ2v) is 2.92. The van der Waals surface area contributed by atoms with Crippen molar-refractivity contribution >= 4 is 17.6 Å². The van der Waals surface area contributed by atoms with Crippen LogP contribution < -0.4 is 0 Å². The van der Waals surface area contributed by atoms with Gasteiger partial charge in [0.2, 0.25) is 0 Å². The Bertz CT molecular complexity index is 312. The SMILES string of the molecule is C(=N/n1cnnc1)/c1ccsc1. The predicted octanol–water partition coefficient (Wildman–Crippen LogP) is 1.22. The average Bonchev–Trinajstić information content (AvgIpc) is 2.74. The Kier molecular flexibility index (Phi) is 1.96. The fraction of sp³-hybridized carbons (Fsp3) is 0. The molecule has 0 spiro atoms. The summed E-state index contributed by atoms with van der Waals surface area (Å²) in [6.45, 7) is 0. The van der Waals surface area contributed by atoms with Crippen molar-refractivity contribution in [2.24, 2.45) is 5.10 Å². The minimum atomic E-state index is 1.09. The van der Waals surface area contributed by atoms with Crippen LogP contribution in [0.2, 0.25) is 0 Å². The number of hydrogen-bond donors (Lipinski definition) is 0. The first-order valence-corrected chi connectivity index (χ1v) is 4.30. The van der Waals surface area contributed by atoms with Crippen LogP contribution in [0.3, 0.4) is 0 Å². The van der Waals surface area contributed by atoms with Gasteiger partial charge in [-0.3, -0.25) is 0 Å². The van der Waals surface area contributed by atoms with Gasteiger partial charge in [-0.2, -0.15) is 16.4 Å². The summed E-state index contributed by atoms with van der Waals surface area (Å²) >= 11 is 1.65. The summed E-state index contributed by atoms with van der Waals surface area (Å²) in [5, 5.41) is 15.4. The minimum absolute atomic E-state index is 1.09.